The van der Waals surface area contributed by atoms with Gasteiger partial charge in [-0.15, -0.1) is 0 Å². The van der Waals surface area contributed by atoms with E-state index in [4.69, 9.17) is 34.8 Å². The van der Waals surface area contributed by atoms with Crippen LogP contribution >= 0.6 is 34.8 Å². The van der Waals surface area contributed by atoms with Gasteiger partial charge in [-0.2, -0.15) is 9.41 Å². The molecule has 0 unspecified atom stereocenters. The number of nitrogens with zero attached hydrogens (tertiary/aromatic N) is 2. The fourth-order valence-electron chi connectivity index (χ4n) is 3.04. The summed E-state index contributed by atoms with van der Waals surface area (Å²) in [6.07, 6.45) is 2.42. The van der Waals surface area contributed by atoms with Crippen LogP contribution in [0, 0.1) is 0 Å². The van der Waals surface area contributed by atoms with Crippen molar-refractivity contribution in [2.75, 3.05) is 6.54 Å². The smallest absolute Gasteiger partial charge is 0.255 e. The first kappa shape index (κ1) is 26.2. The van der Waals surface area contributed by atoms with Crippen molar-refractivity contribution in [3.05, 3.63) is 98.5 Å². The second-order valence-corrected chi connectivity index (χ2v) is 10.6. The van der Waals surface area contributed by atoms with E-state index in [1.165, 1.54) is 36.0 Å². The van der Waals surface area contributed by atoms with Gasteiger partial charge in [0.25, 0.3) is 5.91 Å². The molecule has 0 saturated heterocycles. The minimum Gasteiger partial charge on any atom is -0.272 e. The highest BCUT2D eigenvalue weighted by atomic mass is 35.5. The second-order valence-electron chi connectivity index (χ2n) is 7.36. The molecule has 0 saturated carbocycles. The van der Waals surface area contributed by atoms with Crippen LogP contribution in [-0.4, -0.2) is 31.4 Å². The second kappa shape index (κ2) is 11.8. The highest BCUT2D eigenvalue weighted by Gasteiger charge is 2.27. The first-order valence-electron chi connectivity index (χ1n) is 10.3. The lowest BCUT2D eigenvalue weighted by Gasteiger charge is -2.21. The van der Waals surface area contributed by atoms with E-state index in [9.17, 15) is 13.2 Å². The van der Waals surface area contributed by atoms with Crippen molar-refractivity contribution in [3.63, 3.8) is 0 Å². The van der Waals surface area contributed by atoms with Gasteiger partial charge in [-0.05, 0) is 59.5 Å². The summed E-state index contributed by atoms with van der Waals surface area (Å²) >= 11 is 18.0. The van der Waals surface area contributed by atoms with Crippen LogP contribution in [0.1, 0.15) is 23.6 Å². The van der Waals surface area contributed by atoms with Crippen molar-refractivity contribution < 1.29 is 13.2 Å². The van der Waals surface area contributed by atoms with E-state index in [-0.39, 0.29) is 16.5 Å². The van der Waals surface area contributed by atoms with Gasteiger partial charge in [0.15, 0.2) is 0 Å². The zero-order valence-corrected chi connectivity index (χ0v) is 21.3. The lowest BCUT2D eigenvalue weighted by Crippen LogP contribution is -2.39. The molecule has 178 valence electrons. The quantitative estimate of drug-likeness (QED) is 0.287. The average molecular weight is 539 g/mol. The molecule has 3 aromatic carbocycles. The van der Waals surface area contributed by atoms with Crippen LogP contribution in [0.2, 0.25) is 15.1 Å². The van der Waals surface area contributed by atoms with E-state index in [1.54, 1.807) is 18.2 Å². The van der Waals surface area contributed by atoms with Gasteiger partial charge in [0, 0.05) is 11.6 Å². The molecular formula is C24H22Cl3N3O3S. The summed E-state index contributed by atoms with van der Waals surface area (Å²) in [6, 6.07) is 18.2. The Kier molecular flexibility index (Phi) is 9.10. The van der Waals surface area contributed by atoms with Crippen molar-refractivity contribution in [3.8, 4) is 0 Å². The summed E-state index contributed by atoms with van der Waals surface area (Å²) in [6.45, 7) is 1.50. The summed E-state index contributed by atoms with van der Waals surface area (Å²) in [7, 11) is -4.03. The van der Waals surface area contributed by atoms with Crippen LogP contribution in [0.5, 0.6) is 0 Å². The zero-order valence-electron chi connectivity index (χ0n) is 18.2. The average Bonchev–Trinajstić information content (AvgIpc) is 2.81. The molecule has 0 fully saturated rings. The van der Waals surface area contributed by atoms with Gasteiger partial charge in [0.1, 0.15) is 0 Å². The molecule has 1 amide bonds. The molecule has 0 aliphatic rings. The highest BCUT2D eigenvalue weighted by Crippen LogP contribution is 2.25. The SMILES string of the molecule is CCc1ccc(/C=N\NC(=O)CN(Cc2ccc(Cl)c(Cl)c2)S(=O)(=O)c2ccc(Cl)cc2)cc1. The third kappa shape index (κ3) is 7.04. The molecule has 3 rings (SSSR count). The van der Waals surface area contributed by atoms with E-state index in [0.29, 0.717) is 15.6 Å². The van der Waals surface area contributed by atoms with E-state index < -0.39 is 22.5 Å². The summed E-state index contributed by atoms with van der Waals surface area (Å²) in [5.41, 5.74) is 4.95. The van der Waals surface area contributed by atoms with Gasteiger partial charge >= 0.3 is 0 Å². The predicted octanol–water partition coefficient (Wildman–Crippen LogP) is 5.55. The van der Waals surface area contributed by atoms with Crippen molar-refractivity contribution in [1.82, 2.24) is 9.73 Å². The number of hydrogen-bond acceptors (Lipinski definition) is 4. The van der Waals surface area contributed by atoms with Crippen LogP contribution in [0.4, 0.5) is 0 Å². The van der Waals surface area contributed by atoms with Gasteiger partial charge in [-0.1, -0.05) is 72.1 Å². The van der Waals surface area contributed by atoms with Crippen molar-refractivity contribution in [2.24, 2.45) is 5.10 Å². The number of benzene rings is 3. The van der Waals surface area contributed by atoms with Crippen LogP contribution < -0.4 is 5.43 Å². The first-order chi connectivity index (χ1) is 16.2. The van der Waals surface area contributed by atoms with E-state index in [0.717, 1.165) is 16.3 Å². The Bertz CT molecular complexity index is 1280. The zero-order chi connectivity index (χ0) is 24.7. The van der Waals surface area contributed by atoms with Gasteiger partial charge in [0.05, 0.1) is 27.7 Å². The van der Waals surface area contributed by atoms with Gasteiger partial charge in [-0.3, -0.25) is 4.79 Å². The Morgan fingerprint density at radius 1 is 0.941 bits per heavy atom. The molecular weight excluding hydrogens is 517 g/mol. The van der Waals surface area contributed by atoms with E-state index in [2.05, 4.69) is 17.5 Å². The third-order valence-electron chi connectivity index (χ3n) is 4.91. The molecule has 0 atom stereocenters. The molecule has 0 radical (unpaired) electrons. The number of carbonyl (C=O) groups is 1. The van der Waals surface area contributed by atoms with Gasteiger partial charge in [0.2, 0.25) is 10.0 Å². The summed E-state index contributed by atoms with van der Waals surface area (Å²) in [5, 5.41) is 4.97. The number of rotatable bonds is 9. The number of hydrazone groups is 1. The van der Waals surface area contributed by atoms with Crippen molar-refractivity contribution >= 4 is 56.9 Å². The van der Waals surface area contributed by atoms with E-state index in [1.807, 2.05) is 24.3 Å². The number of aryl methyl sites for hydroxylation is 1. The molecule has 34 heavy (non-hydrogen) atoms. The van der Waals surface area contributed by atoms with Crippen LogP contribution in [0.15, 0.2) is 76.7 Å². The highest BCUT2D eigenvalue weighted by molar-refractivity contribution is 7.89. The standard InChI is InChI=1S/C24H22Cl3N3O3S/c1-2-17-3-5-18(6-4-17)14-28-29-24(31)16-30(15-19-7-12-22(26)23(27)13-19)34(32,33)21-10-8-20(25)9-11-21/h3-14H,2,15-16H2,1H3,(H,29,31)/b28-14-. The molecule has 0 aliphatic carbocycles. The Labute approximate surface area is 214 Å². The number of nitrogens with one attached hydrogen (secondary N) is 1. The summed E-state index contributed by atoms with van der Waals surface area (Å²) in [4.78, 5) is 12.6. The third-order valence-corrected chi connectivity index (χ3v) is 7.70. The van der Waals surface area contributed by atoms with Crippen LogP contribution in [0.25, 0.3) is 0 Å². The number of sulfonamides is 1. The van der Waals surface area contributed by atoms with Gasteiger partial charge < -0.3 is 0 Å². The molecule has 0 heterocycles. The molecule has 0 bridgehead atoms. The van der Waals surface area contributed by atoms with Crippen LogP contribution in [-0.2, 0) is 27.8 Å². The van der Waals surface area contributed by atoms with Crippen molar-refractivity contribution in [1.29, 1.82) is 0 Å². The van der Waals surface area contributed by atoms with Crippen molar-refractivity contribution in [2.45, 2.75) is 24.8 Å². The normalized spacial score (nSPS) is 11.8. The Morgan fingerprint density at radius 3 is 2.21 bits per heavy atom. The lowest BCUT2D eigenvalue weighted by molar-refractivity contribution is -0.121. The minimum atomic E-state index is -4.03. The first-order valence-corrected chi connectivity index (χ1v) is 12.9. The molecule has 3 aromatic rings. The minimum absolute atomic E-state index is 0.00396. The summed E-state index contributed by atoms with van der Waals surface area (Å²) < 4.78 is 27.6. The van der Waals surface area contributed by atoms with E-state index >= 15 is 0 Å². The molecule has 10 heteroatoms. The lowest BCUT2D eigenvalue weighted by atomic mass is 10.1. The van der Waals surface area contributed by atoms with Crippen LogP contribution in [0.3, 0.4) is 0 Å². The fourth-order valence-corrected chi connectivity index (χ4v) is 4.87. The Hall–Kier alpha value is -2.42. The van der Waals surface area contributed by atoms with Gasteiger partial charge in [-0.25, -0.2) is 13.8 Å². The Morgan fingerprint density at radius 2 is 1.59 bits per heavy atom. The number of halogens is 3. The molecule has 0 aliphatic heterocycles. The number of hydrogen-bond donors (Lipinski definition) is 1. The topological polar surface area (TPSA) is 78.8 Å². The molecule has 6 nitrogen and oxygen atoms in total. The predicted molar refractivity (Wildman–Crippen MR) is 137 cm³/mol. The monoisotopic (exact) mass is 537 g/mol. The largest absolute Gasteiger partial charge is 0.272 e. The maximum absolute atomic E-state index is 13.3. The fraction of sp³-hybridized carbons (Fsp3) is 0.167. The maximum Gasteiger partial charge on any atom is 0.255 e. The Balaban J connectivity index is 1.79. The maximum atomic E-state index is 13.3. The molecule has 0 spiro atoms. The summed E-state index contributed by atoms with van der Waals surface area (Å²) in [5.74, 6) is -0.598. The number of amides is 1. The molecule has 0 aromatic heterocycles. The number of carbonyl (C=O) groups excluding carboxylic acids is 1. The molecule has 1 N–H and O–H groups in total.